The van der Waals surface area contributed by atoms with Crippen molar-refractivity contribution >= 4 is 16.8 Å². The van der Waals surface area contributed by atoms with Crippen molar-refractivity contribution in [2.75, 3.05) is 26.2 Å². The molecule has 37 heavy (non-hydrogen) atoms. The summed E-state index contributed by atoms with van der Waals surface area (Å²) in [4.78, 5) is 21.2. The summed E-state index contributed by atoms with van der Waals surface area (Å²) in [6, 6.07) is 17.0. The van der Waals surface area contributed by atoms with Crippen LogP contribution in [0.25, 0.3) is 10.9 Å². The molecule has 0 saturated heterocycles. The lowest BCUT2D eigenvalue weighted by Gasteiger charge is -2.29. The van der Waals surface area contributed by atoms with E-state index < -0.39 is 0 Å². The van der Waals surface area contributed by atoms with Gasteiger partial charge in [-0.25, -0.2) is 0 Å². The Morgan fingerprint density at radius 2 is 1.73 bits per heavy atom. The molecule has 3 rings (SSSR count). The van der Waals surface area contributed by atoms with Crippen LogP contribution >= 0.6 is 0 Å². The van der Waals surface area contributed by atoms with Gasteiger partial charge in [0, 0.05) is 36.7 Å². The van der Waals surface area contributed by atoms with Crippen molar-refractivity contribution in [3.63, 3.8) is 0 Å². The Hall–Kier alpha value is -2.63. The summed E-state index contributed by atoms with van der Waals surface area (Å²) >= 11 is 0. The molecule has 1 atom stereocenters. The first-order chi connectivity index (χ1) is 17.7. The third-order valence-corrected chi connectivity index (χ3v) is 7.15. The first-order valence-electron chi connectivity index (χ1n) is 14.0. The minimum Gasteiger partial charge on any atom is -0.392 e. The average molecular weight is 506 g/mol. The molecule has 0 bridgehead atoms. The highest BCUT2D eigenvalue weighted by atomic mass is 16.3. The van der Waals surface area contributed by atoms with Crippen LogP contribution in [0.5, 0.6) is 0 Å². The van der Waals surface area contributed by atoms with Crippen molar-refractivity contribution in [1.29, 1.82) is 0 Å². The van der Waals surface area contributed by atoms with E-state index >= 15 is 0 Å². The van der Waals surface area contributed by atoms with Gasteiger partial charge in [-0.1, -0.05) is 89.9 Å². The number of hydrogen-bond donors (Lipinski definition) is 2. The van der Waals surface area contributed by atoms with Crippen molar-refractivity contribution in [1.82, 2.24) is 14.8 Å². The molecule has 0 spiro atoms. The molecule has 0 aliphatic heterocycles. The number of carbonyl (C=O) groups is 1. The zero-order chi connectivity index (χ0) is 26.8. The Morgan fingerprint density at radius 3 is 2.41 bits per heavy atom. The third kappa shape index (κ3) is 8.72. The number of aliphatic hydroxyl groups excluding tert-OH is 1. The van der Waals surface area contributed by atoms with Gasteiger partial charge in [0.2, 0.25) is 5.91 Å². The minimum atomic E-state index is -0.390. The molecule has 0 saturated carbocycles. The molecule has 5 heteroatoms. The van der Waals surface area contributed by atoms with Crippen LogP contribution in [0.15, 0.2) is 54.7 Å². The number of H-pyrrole nitrogens is 1. The van der Waals surface area contributed by atoms with E-state index in [9.17, 15) is 9.90 Å². The Labute approximate surface area is 223 Å². The number of para-hydroxylation sites is 1. The van der Waals surface area contributed by atoms with Crippen molar-refractivity contribution in [2.24, 2.45) is 0 Å². The summed E-state index contributed by atoms with van der Waals surface area (Å²) in [5.74, 6) is 0.125. The monoisotopic (exact) mass is 505 g/mol. The number of carbonyl (C=O) groups excluding carboxylic acids is 1. The second-order valence-corrected chi connectivity index (χ2v) is 11.4. The SMILES string of the molecule is CCCCN(CC(=O)N(CCc1c[nH]c2ccccc12)Cc1ccc(C(C)(C)C)cc1)C[C@H](O)CCC. The Bertz CT molecular complexity index is 1100. The van der Waals surface area contributed by atoms with Crippen molar-refractivity contribution in [3.8, 4) is 0 Å². The van der Waals surface area contributed by atoms with E-state index in [0.717, 1.165) is 49.7 Å². The number of benzene rings is 2. The van der Waals surface area contributed by atoms with Crippen molar-refractivity contribution < 1.29 is 9.90 Å². The van der Waals surface area contributed by atoms with Crippen LogP contribution in [0, 0.1) is 0 Å². The van der Waals surface area contributed by atoms with Crippen LogP contribution in [0.1, 0.15) is 77.0 Å². The fourth-order valence-corrected chi connectivity index (χ4v) is 4.85. The number of fused-ring (bicyclic) bond motifs is 1. The van der Waals surface area contributed by atoms with Gasteiger partial charge in [-0.3, -0.25) is 9.69 Å². The smallest absolute Gasteiger partial charge is 0.237 e. The molecule has 202 valence electrons. The number of aromatic nitrogens is 1. The molecule has 0 aliphatic rings. The van der Waals surface area contributed by atoms with E-state index in [1.54, 1.807) is 0 Å². The lowest BCUT2D eigenvalue weighted by Crippen LogP contribution is -2.43. The van der Waals surface area contributed by atoms with Crippen LogP contribution in [0.2, 0.25) is 0 Å². The van der Waals surface area contributed by atoms with E-state index in [0.29, 0.717) is 26.2 Å². The highest BCUT2D eigenvalue weighted by Gasteiger charge is 2.21. The summed E-state index contributed by atoms with van der Waals surface area (Å²) in [5.41, 5.74) is 4.90. The molecule has 0 fully saturated rings. The largest absolute Gasteiger partial charge is 0.392 e. The first-order valence-corrected chi connectivity index (χ1v) is 14.0. The number of unbranched alkanes of at least 4 members (excludes halogenated alkanes) is 1. The molecule has 1 amide bonds. The van der Waals surface area contributed by atoms with Crippen LogP contribution in [0.4, 0.5) is 0 Å². The van der Waals surface area contributed by atoms with Gasteiger partial charge >= 0.3 is 0 Å². The summed E-state index contributed by atoms with van der Waals surface area (Å²) in [7, 11) is 0. The number of rotatable bonds is 14. The molecule has 3 aromatic rings. The second-order valence-electron chi connectivity index (χ2n) is 11.4. The van der Waals surface area contributed by atoms with Crippen LogP contribution in [0.3, 0.4) is 0 Å². The standard InChI is InChI=1S/C32H47N3O2/c1-6-8-19-34(23-28(36)11-7-2)24-31(37)35(22-25-14-16-27(17-15-25)32(3,4)5)20-18-26-21-33-30-13-10-9-12-29(26)30/h9-10,12-17,21,28,33,36H,6-8,11,18-20,22-24H2,1-5H3/t28-/m1/s1. The molecular weight excluding hydrogens is 458 g/mol. The molecule has 0 radical (unpaired) electrons. The van der Waals surface area contributed by atoms with Crippen molar-refractivity contribution in [2.45, 2.75) is 84.8 Å². The van der Waals surface area contributed by atoms with Gasteiger partial charge in [-0.05, 0) is 54.0 Å². The minimum absolute atomic E-state index is 0.0997. The van der Waals surface area contributed by atoms with E-state index in [2.05, 4.69) is 93.2 Å². The van der Waals surface area contributed by atoms with Crippen molar-refractivity contribution in [3.05, 3.63) is 71.4 Å². The third-order valence-electron chi connectivity index (χ3n) is 7.15. The molecular formula is C32H47N3O2. The van der Waals surface area contributed by atoms with E-state index in [1.807, 2.05) is 11.0 Å². The summed E-state index contributed by atoms with van der Waals surface area (Å²) in [5, 5.41) is 11.7. The highest BCUT2D eigenvalue weighted by molar-refractivity contribution is 5.83. The topological polar surface area (TPSA) is 59.6 Å². The van der Waals surface area contributed by atoms with Gasteiger partial charge in [0.25, 0.3) is 0 Å². The van der Waals surface area contributed by atoms with Crippen LogP contribution in [-0.2, 0) is 23.2 Å². The van der Waals surface area contributed by atoms with Gasteiger partial charge in [0.15, 0.2) is 0 Å². The zero-order valence-corrected chi connectivity index (χ0v) is 23.6. The molecule has 5 nitrogen and oxygen atoms in total. The highest BCUT2D eigenvalue weighted by Crippen LogP contribution is 2.23. The Kier molecular flexibility index (Phi) is 10.8. The fourth-order valence-electron chi connectivity index (χ4n) is 4.85. The normalized spacial score (nSPS) is 12.8. The Morgan fingerprint density at radius 1 is 1.00 bits per heavy atom. The van der Waals surface area contributed by atoms with E-state index in [4.69, 9.17) is 0 Å². The molecule has 0 aliphatic carbocycles. The molecule has 1 aromatic heterocycles. The van der Waals surface area contributed by atoms with Gasteiger partial charge in [0.1, 0.15) is 0 Å². The van der Waals surface area contributed by atoms with Gasteiger partial charge in [0.05, 0.1) is 12.6 Å². The van der Waals surface area contributed by atoms with Gasteiger partial charge in [-0.2, -0.15) is 0 Å². The summed E-state index contributed by atoms with van der Waals surface area (Å²) < 4.78 is 0. The number of aromatic amines is 1. The van der Waals surface area contributed by atoms with Gasteiger partial charge in [-0.15, -0.1) is 0 Å². The first kappa shape index (κ1) is 28.9. The van der Waals surface area contributed by atoms with E-state index in [-0.39, 0.29) is 17.4 Å². The number of amides is 1. The lowest BCUT2D eigenvalue weighted by atomic mass is 9.87. The summed E-state index contributed by atoms with van der Waals surface area (Å²) in [6.07, 6.45) is 6.27. The maximum Gasteiger partial charge on any atom is 0.237 e. The predicted octanol–water partition coefficient (Wildman–Crippen LogP) is 6.30. The Balaban J connectivity index is 1.77. The van der Waals surface area contributed by atoms with Crippen LogP contribution in [-0.4, -0.2) is 58.1 Å². The maximum absolute atomic E-state index is 13.7. The van der Waals surface area contributed by atoms with Crippen LogP contribution < -0.4 is 0 Å². The summed E-state index contributed by atoms with van der Waals surface area (Å²) in [6.45, 7) is 13.9. The number of hydrogen-bond acceptors (Lipinski definition) is 3. The van der Waals surface area contributed by atoms with E-state index in [1.165, 1.54) is 16.5 Å². The fraction of sp³-hybridized carbons (Fsp3) is 0.531. The predicted molar refractivity (Wildman–Crippen MR) is 155 cm³/mol. The quantitative estimate of drug-likeness (QED) is 0.270. The number of aliphatic hydroxyl groups is 1. The number of nitrogens with zero attached hydrogens (tertiary/aromatic N) is 2. The lowest BCUT2D eigenvalue weighted by molar-refractivity contribution is -0.133. The number of nitrogens with one attached hydrogen (secondary N) is 1. The molecule has 0 unspecified atom stereocenters. The second kappa shape index (κ2) is 13.8. The van der Waals surface area contributed by atoms with Gasteiger partial charge < -0.3 is 15.0 Å². The molecule has 2 N–H and O–H groups in total. The average Bonchev–Trinajstić information content (AvgIpc) is 3.28. The maximum atomic E-state index is 13.7. The molecule has 1 heterocycles. The molecule has 2 aromatic carbocycles. The zero-order valence-electron chi connectivity index (χ0n) is 23.6.